The van der Waals surface area contributed by atoms with E-state index in [1.165, 1.54) is 57.8 Å². The first kappa shape index (κ1) is 11.8. The summed E-state index contributed by atoms with van der Waals surface area (Å²) in [5.74, 6) is 0.959. The van der Waals surface area contributed by atoms with E-state index in [2.05, 4.69) is 20.8 Å². The van der Waals surface area contributed by atoms with Crippen LogP contribution < -0.4 is 0 Å². The molecule has 0 heterocycles. The van der Waals surface area contributed by atoms with Gasteiger partial charge < -0.3 is 0 Å². The summed E-state index contributed by atoms with van der Waals surface area (Å²) in [5.41, 5.74) is 4.97. The summed E-state index contributed by atoms with van der Waals surface area (Å²) in [7, 11) is 0. The summed E-state index contributed by atoms with van der Waals surface area (Å²) in [5, 5.41) is 0. The Labute approximate surface area is 107 Å². The zero-order valence-corrected chi connectivity index (χ0v) is 11.9. The van der Waals surface area contributed by atoms with E-state index in [9.17, 15) is 0 Å². The highest BCUT2D eigenvalue weighted by Gasteiger charge is 2.50. The van der Waals surface area contributed by atoms with Crippen molar-refractivity contribution in [2.75, 3.05) is 0 Å². The first-order valence-corrected chi connectivity index (χ1v) is 7.75. The van der Waals surface area contributed by atoms with Gasteiger partial charge in [-0.15, -0.1) is 0 Å². The molecule has 2 atom stereocenters. The molecule has 0 aliphatic heterocycles. The predicted octanol–water partition coefficient (Wildman–Crippen LogP) is 5.48. The van der Waals surface area contributed by atoms with Gasteiger partial charge in [0, 0.05) is 0 Å². The van der Waals surface area contributed by atoms with E-state index < -0.39 is 0 Å². The molecule has 0 N–H and O–H groups in total. The van der Waals surface area contributed by atoms with Crippen LogP contribution in [0.25, 0.3) is 0 Å². The molecule has 0 aromatic carbocycles. The summed E-state index contributed by atoms with van der Waals surface area (Å²) in [6.45, 7) is 7.67. The molecule has 1 fully saturated rings. The van der Waals surface area contributed by atoms with Gasteiger partial charge in [-0.3, -0.25) is 0 Å². The maximum atomic E-state index is 2.61. The van der Waals surface area contributed by atoms with E-state index in [0.717, 1.165) is 5.92 Å². The Balaban J connectivity index is 2.01. The molecule has 1 saturated carbocycles. The lowest BCUT2D eigenvalue weighted by Gasteiger charge is -2.56. The fraction of sp³-hybridized carbons (Fsp3) is 0.882. The molecule has 0 saturated heterocycles. The summed E-state index contributed by atoms with van der Waals surface area (Å²) in [4.78, 5) is 0. The molecular weight excluding hydrogens is 204 g/mol. The second-order valence-electron chi connectivity index (χ2n) is 7.64. The molecule has 0 aromatic heterocycles. The fourth-order valence-corrected chi connectivity index (χ4v) is 5.44. The Morgan fingerprint density at radius 1 is 0.882 bits per heavy atom. The van der Waals surface area contributed by atoms with Crippen molar-refractivity contribution in [3.05, 3.63) is 11.1 Å². The van der Waals surface area contributed by atoms with Crippen LogP contribution in [-0.2, 0) is 0 Å². The predicted molar refractivity (Wildman–Crippen MR) is 74.0 cm³/mol. The van der Waals surface area contributed by atoms with Crippen LogP contribution >= 0.6 is 0 Å². The summed E-state index contributed by atoms with van der Waals surface area (Å²) < 4.78 is 0. The van der Waals surface area contributed by atoms with Gasteiger partial charge in [0.25, 0.3) is 0 Å². The van der Waals surface area contributed by atoms with E-state index in [-0.39, 0.29) is 0 Å². The summed E-state index contributed by atoms with van der Waals surface area (Å²) >= 11 is 0. The highest BCUT2D eigenvalue weighted by Crippen LogP contribution is 2.61. The highest BCUT2D eigenvalue weighted by molar-refractivity contribution is 5.29. The van der Waals surface area contributed by atoms with E-state index in [4.69, 9.17) is 0 Å². The number of fused-ring (bicyclic) bond motifs is 2. The zero-order chi connectivity index (χ0) is 12.1. The van der Waals surface area contributed by atoms with Crippen LogP contribution in [0.1, 0.15) is 78.6 Å². The molecule has 0 aromatic rings. The van der Waals surface area contributed by atoms with Crippen molar-refractivity contribution in [3.63, 3.8) is 0 Å². The molecular formula is C17H28. The van der Waals surface area contributed by atoms with Gasteiger partial charge >= 0.3 is 0 Å². The van der Waals surface area contributed by atoms with Crippen LogP contribution in [0.3, 0.4) is 0 Å². The average molecular weight is 232 g/mol. The van der Waals surface area contributed by atoms with E-state index >= 15 is 0 Å². The van der Waals surface area contributed by atoms with Crippen molar-refractivity contribution < 1.29 is 0 Å². The third-order valence-electron chi connectivity index (χ3n) is 6.24. The minimum Gasteiger partial charge on any atom is -0.0704 e. The molecule has 0 amide bonds. The molecule has 0 spiro atoms. The second kappa shape index (κ2) is 3.87. The molecule has 3 aliphatic carbocycles. The third-order valence-corrected chi connectivity index (χ3v) is 6.24. The molecule has 3 aliphatic rings. The maximum Gasteiger partial charge on any atom is -0.00803 e. The molecule has 17 heavy (non-hydrogen) atoms. The Kier molecular flexibility index (Phi) is 2.69. The fourth-order valence-electron chi connectivity index (χ4n) is 5.44. The van der Waals surface area contributed by atoms with Gasteiger partial charge in [0.2, 0.25) is 0 Å². The van der Waals surface area contributed by atoms with Crippen molar-refractivity contribution in [2.24, 2.45) is 16.7 Å². The zero-order valence-electron chi connectivity index (χ0n) is 11.9. The van der Waals surface area contributed by atoms with Crippen LogP contribution in [0.5, 0.6) is 0 Å². The Hall–Kier alpha value is -0.260. The monoisotopic (exact) mass is 232 g/mol. The van der Waals surface area contributed by atoms with Gasteiger partial charge in [-0.25, -0.2) is 0 Å². The molecule has 3 rings (SSSR count). The first-order chi connectivity index (χ1) is 8.04. The summed E-state index contributed by atoms with van der Waals surface area (Å²) in [6.07, 6.45) is 13.1. The number of allylic oxidation sites excluding steroid dienone is 2. The van der Waals surface area contributed by atoms with E-state index in [1.807, 2.05) is 11.1 Å². The average Bonchev–Trinajstić information content (AvgIpc) is 2.28. The largest absolute Gasteiger partial charge is 0.0704 e. The third kappa shape index (κ3) is 1.71. The van der Waals surface area contributed by atoms with Crippen molar-refractivity contribution in [1.29, 1.82) is 0 Å². The van der Waals surface area contributed by atoms with Crippen molar-refractivity contribution in [2.45, 2.75) is 78.6 Å². The van der Waals surface area contributed by atoms with Gasteiger partial charge in [-0.05, 0) is 68.1 Å². The summed E-state index contributed by atoms with van der Waals surface area (Å²) in [6, 6.07) is 0. The topological polar surface area (TPSA) is 0 Å². The number of rotatable bonds is 0. The number of hydrogen-bond acceptors (Lipinski definition) is 0. The van der Waals surface area contributed by atoms with Crippen molar-refractivity contribution >= 4 is 0 Å². The van der Waals surface area contributed by atoms with Gasteiger partial charge in [-0.2, -0.15) is 0 Å². The van der Waals surface area contributed by atoms with Crippen LogP contribution in [0.4, 0.5) is 0 Å². The Bertz CT molecular complexity index is 347. The molecule has 0 heteroatoms. The van der Waals surface area contributed by atoms with Crippen molar-refractivity contribution in [3.8, 4) is 0 Å². The highest BCUT2D eigenvalue weighted by atomic mass is 14.5. The smallest absolute Gasteiger partial charge is 0.00803 e. The lowest BCUT2D eigenvalue weighted by molar-refractivity contribution is 0.00832. The van der Waals surface area contributed by atoms with Crippen LogP contribution in [0.15, 0.2) is 11.1 Å². The van der Waals surface area contributed by atoms with Crippen LogP contribution in [-0.4, -0.2) is 0 Å². The van der Waals surface area contributed by atoms with Crippen LogP contribution in [0, 0.1) is 16.7 Å². The van der Waals surface area contributed by atoms with Gasteiger partial charge in [-0.1, -0.05) is 38.3 Å². The molecule has 0 nitrogen and oxygen atoms in total. The molecule has 0 unspecified atom stereocenters. The minimum absolute atomic E-state index is 0.579. The quantitative estimate of drug-likeness (QED) is 0.485. The SMILES string of the molecule is CC1(C)CCC[C@]2(C)C3=C(CCCC3)CC[C@@H]12. The Morgan fingerprint density at radius 2 is 1.65 bits per heavy atom. The second-order valence-corrected chi connectivity index (χ2v) is 7.64. The van der Waals surface area contributed by atoms with Crippen molar-refractivity contribution in [1.82, 2.24) is 0 Å². The van der Waals surface area contributed by atoms with Gasteiger partial charge in [0.1, 0.15) is 0 Å². The molecule has 96 valence electrons. The van der Waals surface area contributed by atoms with E-state index in [0.29, 0.717) is 10.8 Å². The lowest BCUT2D eigenvalue weighted by Crippen LogP contribution is -2.46. The van der Waals surface area contributed by atoms with Gasteiger partial charge in [0.05, 0.1) is 0 Å². The standard InChI is InChI=1S/C17H28/c1-16(2)11-6-12-17(3)14-8-5-4-7-13(14)9-10-15(16)17/h15H,4-12H2,1-3H3/t15-,17+/m0/s1. The van der Waals surface area contributed by atoms with E-state index in [1.54, 1.807) is 0 Å². The first-order valence-electron chi connectivity index (χ1n) is 7.75. The number of hydrogen-bond donors (Lipinski definition) is 0. The molecule has 0 bridgehead atoms. The van der Waals surface area contributed by atoms with Crippen LogP contribution in [0.2, 0.25) is 0 Å². The Morgan fingerprint density at radius 3 is 2.47 bits per heavy atom. The maximum absolute atomic E-state index is 2.61. The minimum atomic E-state index is 0.579. The van der Waals surface area contributed by atoms with Gasteiger partial charge in [0.15, 0.2) is 0 Å². The normalized spacial score (nSPS) is 40.8. The lowest BCUT2D eigenvalue weighted by atomic mass is 9.49. The molecule has 0 radical (unpaired) electrons.